The monoisotopic (exact) mass is 841 g/mol. The van der Waals surface area contributed by atoms with E-state index in [1.165, 1.54) is 29.6 Å². The molecule has 3 saturated heterocycles. The molecule has 0 radical (unpaired) electrons. The number of amides is 3. The molecule has 5 aromatic rings. The van der Waals surface area contributed by atoms with Crippen LogP contribution >= 0.6 is 0 Å². The smallest absolute Gasteiger partial charge is 0.274 e. The fourth-order valence-corrected chi connectivity index (χ4v) is 10.9. The minimum absolute atomic E-state index is 0.265. The molecule has 2 aromatic carbocycles. The van der Waals surface area contributed by atoms with Crippen LogP contribution in [0.5, 0.6) is 0 Å². The number of nitriles is 1. The summed E-state index contributed by atoms with van der Waals surface area (Å²) in [5.41, 5.74) is 3.09. The van der Waals surface area contributed by atoms with E-state index in [0.29, 0.717) is 69.7 Å². The maximum atomic E-state index is 15.4. The van der Waals surface area contributed by atoms with Crippen molar-refractivity contribution in [3.05, 3.63) is 83.6 Å². The SMILES string of the molecule is CC(C)(O)c1cc2nn(C3CC(N4CCN(C5CCN(c6ccc(NC7CCC(=O)NC7=O)cc6F)CC5)CC4)C4CCC43)cc2cc1NC(=O)c1ccc2cc(C#N)cnn12. The largest absolute Gasteiger partial charge is 0.386 e. The lowest BCUT2D eigenvalue weighted by Crippen LogP contribution is -2.56. The quantitative estimate of drug-likeness (QED) is 0.147. The highest BCUT2D eigenvalue weighted by Crippen LogP contribution is 2.54. The average molecular weight is 842 g/mol. The van der Waals surface area contributed by atoms with Crippen molar-refractivity contribution in [2.75, 3.05) is 54.8 Å². The van der Waals surface area contributed by atoms with Crippen LogP contribution in [-0.2, 0) is 15.2 Å². The first kappa shape index (κ1) is 40.2. The Balaban J connectivity index is 0.761. The van der Waals surface area contributed by atoms with Gasteiger partial charge in [0.05, 0.1) is 40.1 Å². The molecule has 16 heteroatoms. The first-order valence-corrected chi connectivity index (χ1v) is 22.0. The molecule has 6 heterocycles. The van der Waals surface area contributed by atoms with Crippen LogP contribution < -0.4 is 20.9 Å². The summed E-state index contributed by atoms with van der Waals surface area (Å²) in [4.78, 5) is 44.8. The van der Waals surface area contributed by atoms with Crippen molar-refractivity contribution in [3.63, 3.8) is 0 Å². The Morgan fingerprint density at radius 2 is 1.69 bits per heavy atom. The maximum absolute atomic E-state index is 15.4. The molecule has 5 aliphatic rings. The van der Waals surface area contributed by atoms with Gasteiger partial charge in [0.2, 0.25) is 11.8 Å². The molecule has 10 rings (SSSR count). The van der Waals surface area contributed by atoms with Gasteiger partial charge in [-0.05, 0) is 113 Å². The van der Waals surface area contributed by atoms with Gasteiger partial charge in [-0.15, -0.1) is 0 Å². The number of benzene rings is 2. The Morgan fingerprint density at radius 1 is 0.935 bits per heavy atom. The van der Waals surface area contributed by atoms with Crippen LogP contribution in [0.15, 0.2) is 60.9 Å². The van der Waals surface area contributed by atoms with Crippen molar-refractivity contribution in [1.82, 2.24) is 34.5 Å². The fraction of sp³-hybridized carbons (Fsp3) is 0.478. The second kappa shape index (κ2) is 15.8. The number of imide groups is 1. The van der Waals surface area contributed by atoms with Crippen LogP contribution in [0.2, 0.25) is 0 Å². The lowest BCUT2D eigenvalue weighted by atomic mass is 9.73. The number of halogens is 1. The summed E-state index contributed by atoms with van der Waals surface area (Å²) in [6, 6.07) is 16.7. The predicted molar refractivity (Wildman–Crippen MR) is 231 cm³/mol. The number of piperidine rings is 2. The predicted octanol–water partition coefficient (Wildman–Crippen LogP) is 5.02. The van der Waals surface area contributed by atoms with Crippen LogP contribution in [0, 0.1) is 29.0 Å². The molecule has 62 heavy (non-hydrogen) atoms. The number of rotatable bonds is 9. The van der Waals surface area contributed by atoms with Gasteiger partial charge >= 0.3 is 0 Å². The minimum Gasteiger partial charge on any atom is -0.386 e. The Bertz CT molecular complexity index is 2610. The second-order valence-electron chi connectivity index (χ2n) is 18.4. The van der Waals surface area contributed by atoms with Gasteiger partial charge in [0, 0.05) is 86.3 Å². The Labute approximate surface area is 358 Å². The molecule has 3 aliphatic heterocycles. The first-order valence-electron chi connectivity index (χ1n) is 22.0. The van der Waals surface area contributed by atoms with Gasteiger partial charge in [-0.1, -0.05) is 0 Å². The van der Waals surface area contributed by atoms with E-state index in [4.69, 9.17) is 5.10 Å². The lowest BCUT2D eigenvalue weighted by Gasteiger charge is -2.46. The van der Waals surface area contributed by atoms with Gasteiger partial charge in [0.15, 0.2) is 0 Å². The van der Waals surface area contributed by atoms with Crippen LogP contribution in [0.25, 0.3) is 16.4 Å². The van der Waals surface area contributed by atoms with Crippen LogP contribution in [-0.4, -0.2) is 109 Å². The number of aliphatic hydroxyl groups is 1. The number of hydrogen-bond acceptors (Lipinski definition) is 11. The third-order valence-corrected chi connectivity index (χ3v) is 14.3. The van der Waals surface area contributed by atoms with E-state index in [-0.39, 0.29) is 36.0 Å². The molecule has 4 N–H and O–H groups in total. The molecule has 3 aromatic heterocycles. The number of nitrogens with zero attached hydrogens (tertiary/aromatic N) is 8. The number of piperazine rings is 1. The van der Waals surface area contributed by atoms with Crippen molar-refractivity contribution < 1.29 is 23.9 Å². The molecule has 0 bridgehead atoms. The topological polar surface area (TPSA) is 176 Å². The van der Waals surface area contributed by atoms with Crippen LogP contribution in [0.1, 0.15) is 86.5 Å². The Kier molecular flexibility index (Phi) is 10.2. The highest BCUT2D eigenvalue weighted by Gasteiger charge is 2.52. The van der Waals surface area contributed by atoms with E-state index in [2.05, 4.69) is 52.7 Å². The fourth-order valence-electron chi connectivity index (χ4n) is 10.9. The third kappa shape index (κ3) is 7.45. The molecule has 15 nitrogen and oxygen atoms in total. The molecule has 0 spiro atoms. The summed E-state index contributed by atoms with van der Waals surface area (Å²) in [5, 5.41) is 39.3. The highest BCUT2D eigenvalue weighted by molar-refractivity contribution is 6.05. The lowest BCUT2D eigenvalue weighted by molar-refractivity contribution is -0.133. The van der Waals surface area contributed by atoms with Crippen molar-refractivity contribution in [1.29, 1.82) is 5.26 Å². The zero-order valence-electron chi connectivity index (χ0n) is 35.1. The summed E-state index contributed by atoms with van der Waals surface area (Å²) in [7, 11) is 0. The summed E-state index contributed by atoms with van der Waals surface area (Å²) in [6.07, 6.45) is 9.60. The van der Waals surface area contributed by atoms with Gasteiger partial charge in [-0.2, -0.15) is 15.5 Å². The van der Waals surface area contributed by atoms with E-state index in [1.54, 1.807) is 38.1 Å². The number of aromatic nitrogens is 4. The molecule has 2 saturated carbocycles. The van der Waals surface area contributed by atoms with Crippen molar-refractivity contribution in [2.45, 2.75) is 88.6 Å². The molecule has 322 valence electrons. The van der Waals surface area contributed by atoms with Crippen molar-refractivity contribution in [2.24, 2.45) is 11.8 Å². The molecule has 5 unspecified atom stereocenters. The number of hydrogen-bond donors (Lipinski definition) is 4. The number of fused-ring (bicyclic) bond motifs is 3. The van der Waals surface area contributed by atoms with Crippen LogP contribution in [0.4, 0.5) is 21.5 Å². The molecule has 3 amide bonds. The van der Waals surface area contributed by atoms with Crippen molar-refractivity contribution in [3.8, 4) is 6.07 Å². The molecule has 5 atom stereocenters. The van der Waals surface area contributed by atoms with Gasteiger partial charge in [0.1, 0.15) is 23.6 Å². The Hall–Kier alpha value is -5.89. The van der Waals surface area contributed by atoms with Crippen molar-refractivity contribution >= 4 is 51.2 Å². The first-order chi connectivity index (χ1) is 29.9. The summed E-state index contributed by atoms with van der Waals surface area (Å²) >= 11 is 0. The summed E-state index contributed by atoms with van der Waals surface area (Å²) in [6.45, 7) is 9.08. The average Bonchev–Trinajstić information content (AvgIpc) is 3.94. The van der Waals surface area contributed by atoms with E-state index in [0.717, 1.165) is 69.4 Å². The second-order valence-corrected chi connectivity index (χ2v) is 18.4. The van der Waals surface area contributed by atoms with Gasteiger partial charge < -0.3 is 20.6 Å². The number of nitrogens with one attached hydrogen (secondary N) is 3. The van der Waals surface area contributed by atoms with E-state index in [9.17, 15) is 24.8 Å². The summed E-state index contributed by atoms with van der Waals surface area (Å²) < 4.78 is 19.0. The molecule has 2 aliphatic carbocycles. The van der Waals surface area contributed by atoms with Gasteiger partial charge in [-0.3, -0.25) is 34.2 Å². The summed E-state index contributed by atoms with van der Waals surface area (Å²) in [5.74, 6) is -0.141. The molecule has 5 fully saturated rings. The van der Waals surface area contributed by atoms with Crippen LogP contribution in [0.3, 0.4) is 0 Å². The number of anilines is 3. The van der Waals surface area contributed by atoms with E-state index < -0.39 is 11.6 Å². The van der Waals surface area contributed by atoms with Gasteiger partial charge in [-0.25, -0.2) is 8.91 Å². The highest BCUT2D eigenvalue weighted by atomic mass is 19.1. The Morgan fingerprint density at radius 3 is 2.40 bits per heavy atom. The number of carbonyl (C=O) groups is 3. The van der Waals surface area contributed by atoms with E-state index in [1.807, 2.05) is 18.2 Å². The minimum atomic E-state index is -1.25. The van der Waals surface area contributed by atoms with E-state index >= 15 is 4.39 Å². The zero-order chi connectivity index (χ0) is 42.9. The maximum Gasteiger partial charge on any atom is 0.274 e. The van der Waals surface area contributed by atoms with Gasteiger partial charge in [0.25, 0.3) is 5.91 Å². The third-order valence-electron chi connectivity index (χ3n) is 14.3. The normalized spacial score (nSPS) is 25.1. The molecular weight excluding hydrogens is 790 g/mol. The standard InChI is InChI=1S/C46H52FN11O4/c1-46(2,62)34-22-37-28(20-38(34)51-45(61)40-9-4-31-19-27(24-48)25-49-58(31)40)26-57(53-37)42-23-41(32-5-6-33(32)42)56-17-15-54(16-18-56)30-11-13-55(14-12-30)39-8-3-29(21-35(39)47)50-36-7-10-43(59)52-44(36)60/h3-4,8-9,19-22,25-26,30,32-33,36,41-42,50,62H,5-7,10-18,23H2,1-2H3,(H,51,61)(H,52,59,60). The molecular formula is C46H52FN11O4. The zero-order valence-corrected chi connectivity index (χ0v) is 35.1. The number of carbonyl (C=O) groups excluding carboxylic acids is 3.